The van der Waals surface area contributed by atoms with Crippen LogP contribution in [0.3, 0.4) is 0 Å². The Morgan fingerprint density at radius 2 is 2.12 bits per heavy atom. The lowest BCUT2D eigenvalue weighted by atomic mass is 10.2. The molecule has 0 saturated heterocycles. The van der Waals surface area contributed by atoms with Crippen LogP contribution in [0.5, 0.6) is 0 Å². The molecular formula is C13H15ClN2O. The fourth-order valence-electron chi connectivity index (χ4n) is 2.87. The average Bonchev–Trinajstić information content (AvgIpc) is 2.93. The number of fused-ring (bicyclic) bond motifs is 1. The minimum atomic E-state index is 0.0722. The first kappa shape index (κ1) is 11.1. The second-order valence-electron chi connectivity index (χ2n) is 4.67. The second kappa shape index (κ2) is 4.31. The summed E-state index contributed by atoms with van der Waals surface area (Å²) in [7, 11) is 0. The van der Waals surface area contributed by atoms with E-state index in [4.69, 9.17) is 11.6 Å². The summed E-state index contributed by atoms with van der Waals surface area (Å²) < 4.78 is 2.25. The van der Waals surface area contributed by atoms with Crippen LogP contribution in [0.15, 0.2) is 18.3 Å². The molecule has 17 heavy (non-hydrogen) atoms. The average molecular weight is 251 g/mol. The van der Waals surface area contributed by atoms with E-state index in [0.717, 1.165) is 16.6 Å². The number of aliphatic hydroxyl groups is 1. The summed E-state index contributed by atoms with van der Waals surface area (Å²) in [6.45, 7) is 0.0722. The van der Waals surface area contributed by atoms with Crippen LogP contribution < -0.4 is 0 Å². The maximum absolute atomic E-state index is 9.47. The van der Waals surface area contributed by atoms with Gasteiger partial charge in [-0.3, -0.25) is 0 Å². The van der Waals surface area contributed by atoms with Gasteiger partial charge in [0.2, 0.25) is 0 Å². The van der Waals surface area contributed by atoms with Crippen molar-refractivity contribution in [3.63, 3.8) is 0 Å². The van der Waals surface area contributed by atoms with E-state index in [1.807, 2.05) is 12.1 Å². The predicted molar refractivity (Wildman–Crippen MR) is 68.2 cm³/mol. The Labute approximate surface area is 105 Å². The Bertz CT molecular complexity index is 544. The molecule has 2 heterocycles. The van der Waals surface area contributed by atoms with Gasteiger partial charge in [-0.1, -0.05) is 24.4 Å². The molecule has 0 unspecified atom stereocenters. The number of nitrogens with zero attached hydrogens (tertiary/aromatic N) is 2. The Balaban J connectivity index is 2.20. The second-order valence-corrected chi connectivity index (χ2v) is 5.06. The third-order valence-corrected chi connectivity index (χ3v) is 3.83. The summed E-state index contributed by atoms with van der Waals surface area (Å²) in [5.74, 6) is 0. The van der Waals surface area contributed by atoms with Gasteiger partial charge < -0.3 is 9.67 Å². The Kier molecular flexibility index (Phi) is 2.81. The number of halogens is 1. The van der Waals surface area contributed by atoms with Crippen LogP contribution in [0.2, 0.25) is 5.15 Å². The van der Waals surface area contributed by atoms with Crippen molar-refractivity contribution in [3.05, 3.63) is 29.2 Å². The van der Waals surface area contributed by atoms with E-state index in [1.165, 1.54) is 25.7 Å². The zero-order valence-electron chi connectivity index (χ0n) is 9.56. The molecule has 1 aliphatic rings. The molecule has 0 radical (unpaired) electrons. The van der Waals surface area contributed by atoms with Gasteiger partial charge in [-0.2, -0.15) is 0 Å². The molecule has 1 N–H and O–H groups in total. The third kappa shape index (κ3) is 1.83. The fourth-order valence-corrected chi connectivity index (χ4v) is 3.02. The van der Waals surface area contributed by atoms with Crippen LogP contribution in [0, 0.1) is 0 Å². The van der Waals surface area contributed by atoms with Gasteiger partial charge in [0, 0.05) is 23.3 Å². The normalized spacial score (nSPS) is 17.1. The number of rotatable bonds is 2. The number of hydrogen-bond acceptors (Lipinski definition) is 2. The molecule has 1 saturated carbocycles. The maximum atomic E-state index is 9.47. The quantitative estimate of drug-likeness (QED) is 0.831. The minimum Gasteiger partial charge on any atom is -0.390 e. The van der Waals surface area contributed by atoms with Crippen LogP contribution in [-0.2, 0) is 6.61 Å². The van der Waals surface area contributed by atoms with Gasteiger partial charge in [0.15, 0.2) is 0 Å². The highest BCUT2D eigenvalue weighted by molar-refractivity contribution is 6.30. The summed E-state index contributed by atoms with van der Waals surface area (Å²) in [6, 6.07) is 4.42. The summed E-state index contributed by atoms with van der Waals surface area (Å²) in [5, 5.41) is 11.0. The molecule has 0 bridgehead atoms. The first-order chi connectivity index (χ1) is 8.29. The smallest absolute Gasteiger partial charge is 0.131 e. The molecule has 4 heteroatoms. The zero-order valence-corrected chi connectivity index (χ0v) is 10.3. The van der Waals surface area contributed by atoms with Gasteiger partial charge >= 0.3 is 0 Å². The van der Waals surface area contributed by atoms with Crippen molar-refractivity contribution < 1.29 is 5.11 Å². The van der Waals surface area contributed by atoms with Gasteiger partial charge in [-0.05, 0) is 25.0 Å². The van der Waals surface area contributed by atoms with E-state index in [0.29, 0.717) is 11.2 Å². The van der Waals surface area contributed by atoms with Crippen LogP contribution >= 0.6 is 11.6 Å². The fraction of sp³-hybridized carbons (Fsp3) is 0.462. The molecule has 2 aromatic rings. The Morgan fingerprint density at radius 3 is 2.82 bits per heavy atom. The highest BCUT2D eigenvalue weighted by atomic mass is 35.5. The van der Waals surface area contributed by atoms with Crippen molar-refractivity contribution in [3.8, 4) is 0 Å². The van der Waals surface area contributed by atoms with Crippen molar-refractivity contribution in [1.29, 1.82) is 0 Å². The highest BCUT2D eigenvalue weighted by Gasteiger charge is 2.21. The van der Waals surface area contributed by atoms with Crippen LogP contribution in [0.1, 0.15) is 37.4 Å². The molecule has 0 spiro atoms. The van der Waals surface area contributed by atoms with Crippen LogP contribution in [-0.4, -0.2) is 14.7 Å². The lowest BCUT2D eigenvalue weighted by molar-refractivity contribution is 0.267. The van der Waals surface area contributed by atoms with Crippen molar-refractivity contribution >= 4 is 22.5 Å². The predicted octanol–water partition coefficient (Wildman–Crippen LogP) is 3.30. The highest BCUT2D eigenvalue weighted by Crippen LogP contribution is 2.35. The summed E-state index contributed by atoms with van der Waals surface area (Å²) in [4.78, 5) is 4.09. The van der Waals surface area contributed by atoms with E-state index in [2.05, 4.69) is 9.55 Å². The van der Waals surface area contributed by atoms with Crippen molar-refractivity contribution in [1.82, 2.24) is 9.55 Å². The molecule has 0 aromatic carbocycles. The number of hydrogen-bond donors (Lipinski definition) is 1. The molecule has 1 fully saturated rings. The molecule has 2 aromatic heterocycles. The lowest BCUT2D eigenvalue weighted by Crippen LogP contribution is -2.08. The molecule has 0 aliphatic heterocycles. The lowest BCUT2D eigenvalue weighted by Gasteiger charge is -2.16. The van der Waals surface area contributed by atoms with Gasteiger partial charge in [0.25, 0.3) is 0 Å². The maximum Gasteiger partial charge on any atom is 0.131 e. The van der Waals surface area contributed by atoms with E-state index in [9.17, 15) is 5.11 Å². The Hall–Kier alpha value is -1.06. The molecule has 3 nitrogen and oxygen atoms in total. The van der Waals surface area contributed by atoms with Gasteiger partial charge in [0.05, 0.1) is 12.1 Å². The first-order valence-corrected chi connectivity index (χ1v) is 6.43. The summed E-state index contributed by atoms with van der Waals surface area (Å²) in [6.07, 6.45) is 6.71. The Morgan fingerprint density at radius 1 is 1.35 bits per heavy atom. The van der Waals surface area contributed by atoms with Crippen molar-refractivity contribution in [2.24, 2.45) is 0 Å². The summed E-state index contributed by atoms with van der Waals surface area (Å²) in [5.41, 5.74) is 2.07. The molecule has 0 amide bonds. The minimum absolute atomic E-state index is 0.0722. The van der Waals surface area contributed by atoms with Crippen molar-refractivity contribution in [2.45, 2.75) is 38.3 Å². The van der Waals surface area contributed by atoms with Gasteiger partial charge in [0.1, 0.15) is 5.15 Å². The molecular weight excluding hydrogens is 236 g/mol. The topological polar surface area (TPSA) is 38.1 Å². The number of aliphatic hydroxyl groups excluding tert-OH is 1. The molecule has 90 valence electrons. The first-order valence-electron chi connectivity index (χ1n) is 6.06. The van der Waals surface area contributed by atoms with E-state index in [-0.39, 0.29) is 6.61 Å². The van der Waals surface area contributed by atoms with E-state index >= 15 is 0 Å². The van der Waals surface area contributed by atoms with E-state index < -0.39 is 0 Å². The third-order valence-electron chi connectivity index (χ3n) is 3.62. The van der Waals surface area contributed by atoms with Crippen molar-refractivity contribution in [2.75, 3.05) is 0 Å². The standard InChI is InChI=1S/C13H15ClN2O/c14-13-6-12-9(7-15-13)5-11(8-17)16(12)10-3-1-2-4-10/h5-7,10,17H,1-4,8H2. The van der Waals surface area contributed by atoms with Crippen LogP contribution in [0.4, 0.5) is 0 Å². The molecule has 0 atom stereocenters. The van der Waals surface area contributed by atoms with Gasteiger partial charge in [-0.15, -0.1) is 0 Å². The zero-order chi connectivity index (χ0) is 11.8. The van der Waals surface area contributed by atoms with Crippen LogP contribution in [0.25, 0.3) is 10.9 Å². The van der Waals surface area contributed by atoms with E-state index in [1.54, 1.807) is 6.20 Å². The largest absolute Gasteiger partial charge is 0.390 e. The monoisotopic (exact) mass is 250 g/mol. The SMILES string of the molecule is OCc1cc2cnc(Cl)cc2n1C1CCCC1. The number of pyridine rings is 1. The van der Waals surface area contributed by atoms with Gasteiger partial charge in [-0.25, -0.2) is 4.98 Å². The summed E-state index contributed by atoms with van der Waals surface area (Å²) >= 11 is 5.96. The molecule has 3 rings (SSSR count). The molecule has 1 aliphatic carbocycles. The number of aromatic nitrogens is 2.